The molecule has 0 aliphatic heterocycles. The van der Waals surface area contributed by atoms with Crippen LogP contribution in [0.4, 0.5) is 0 Å². The summed E-state index contributed by atoms with van der Waals surface area (Å²) in [6.45, 7) is 0. The van der Waals surface area contributed by atoms with Gasteiger partial charge in [0.05, 0.1) is 0 Å². The molecule has 6 aromatic carbocycles. The maximum absolute atomic E-state index is 6.36. The van der Waals surface area contributed by atoms with Crippen molar-refractivity contribution in [3.8, 4) is 45.3 Å². The Morgan fingerprint density at radius 3 is 1.74 bits per heavy atom. The normalized spacial score (nSPS) is 11.2. The van der Waals surface area contributed by atoms with E-state index in [9.17, 15) is 0 Å². The molecule has 0 radical (unpaired) electrons. The molecule has 7 aromatic rings. The van der Waals surface area contributed by atoms with Crippen molar-refractivity contribution in [3.05, 3.63) is 138 Å². The molecule has 0 N–H and O–H groups in total. The molecule has 0 atom stereocenters. The van der Waals surface area contributed by atoms with Gasteiger partial charge in [0, 0.05) is 21.7 Å². The number of rotatable bonds is 4. The van der Waals surface area contributed by atoms with Crippen molar-refractivity contribution >= 4 is 33.1 Å². The molecular weight excluding hydrogens is 498 g/mol. The molecule has 3 nitrogen and oxygen atoms in total. The fourth-order valence-electron chi connectivity index (χ4n) is 5.02. The third-order valence-corrected chi connectivity index (χ3v) is 7.17. The molecule has 39 heavy (non-hydrogen) atoms. The lowest BCUT2D eigenvalue weighted by molar-refractivity contribution is 1.08. The Morgan fingerprint density at radius 2 is 0.974 bits per heavy atom. The van der Waals surface area contributed by atoms with Crippen LogP contribution in [0.5, 0.6) is 0 Å². The van der Waals surface area contributed by atoms with Crippen LogP contribution in [0.1, 0.15) is 0 Å². The monoisotopic (exact) mass is 519 g/mol. The predicted octanol–water partition coefficient (Wildman–Crippen LogP) is 9.50. The highest BCUT2D eigenvalue weighted by molar-refractivity contribution is 6.30. The van der Waals surface area contributed by atoms with E-state index in [0.717, 1.165) is 38.6 Å². The van der Waals surface area contributed by atoms with E-state index in [1.165, 1.54) is 10.8 Å². The van der Waals surface area contributed by atoms with E-state index in [1.54, 1.807) is 0 Å². The largest absolute Gasteiger partial charge is 0.208 e. The van der Waals surface area contributed by atoms with Crippen LogP contribution in [0.3, 0.4) is 0 Å². The Bertz CT molecular complexity index is 1980. The SMILES string of the molecule is Clc1cccc(-c2nc(-c3ccc4ccccc4c3)nc(-c3cc(-c4ccccc4)c4ccccc4c3)n2)c1. The number of hydrogen-bond donors (Lipinski definition) is 0. The minimum atomic E-state index is 0.583. The van der Waals surface area contributed by atoms with Gasteiger partial charge in [0.25, 0.3) is 0 Å². The van der Waals surface area contributed by atoms with Gasteiger partial charge in [0.1, 0.15) is 0 Å². The second-order valence-electron chi connectivity index (χ2n) is 9.49. The van der Waals surface area contributed by atoms with Gasteiger partial charge in [-0.25, -0.2) is 15.0 Å². The summed E-state index contributed by atoms with van der Waals surface area (Å²) in [5.41, 5.74) is 5.00. The molecule has 1 aromatic heterocycles. The third-order valence-electron chi connectivity index (χ3n) is 6.93. The standard InChI is InChI=1S/C35H22ClN3/c36-30-15-8-14-27(21-30)33-37-34(28-18-17-23-9-4-5-12-25(23)19-28)39-35(38-33)29-20-26-13-6-7-16-31(26)32(22-29)24-10-2-1-3-11-24/h1-22H. The van der Waals surface area contributed by atoms with E-state index in [2.05, 4.69) is 91.0 Å². The van der Waals surface area contributed by atoms with E-state index < -0.39 is 0 Å². The first-order chi connectivity index (χ1) is 19.2. The minimum absolute atomic E-state index is 0.583. The molecule has 1 heterocycles. The van der Waals surface area contributed by atoms with Gasteiger partial charge in [-0.15, -0.1) is 0 Å². The van der Waals surface area contributed by atoms with E-state index >= 15 is 0 Å². The smallest absolute Gasteiger partial charge is 0.164 e. The fourth-order valence-corrected chi connectivity index (χ4v) is 5.21. The minimum Gasteiger partial charge on any atom is -0.208 e. The highest BCUT2D eigenvalue weighted by atomic mass is 35.5. The Kier molecular flexibility index (Phi) is 5.84. The zero-order chi connectivity index (χ0) is 26.2. The van der Waals surface area contributed by atoms with Gasteiger partial charge >= 0.3 is 0 Å². The Balaban J connectivity index is 1.48. The van der Waals surface area contributed by atoms with Crippen LogP contribution >= 0.6 is 11.6 Å². The molecule has 0 saturated carbocycles. The van der Waals surface area contributed by atoms with Crippen LogP contribution in [0.15, 0.2) is 133 Å². The van der Waals surface area contributed by atoms with Crippen molar-refractivity contribution in [2.75, 3.05) is 0 Å². The molecule has 0 saturated heterocycles. The molecule has 0 bridgehead atoms. The lowest BCUT2D eigenvalue weighted by Crippen LogP contribution is -2.00. The number of benzene rings is 6. The topological polar surface area (TPSA) is 38.7 Å². The Labute approximate surface area is 231 Å². The lowest BCUT2D eigenvalue weighted by Gasteiger charge is -2.12. The van der Waals surface area contributed by atoms with Crippen molar-refractivity contribution in [3.63, 3.8) is 0 Å². The average Bonchev–Trinajstić information content (AvgIpc) is 3.00. The summed E-state index contributed by atoms with van der Waals surface area (Å²) in [6, 6.07) is 45.4. The molecule has 7 rings (SSSR count). The van der Waals surface area contributed by atoms with Crippen LogP contribution < -0.4 is 0 Å². The highest BCUT2D eigenvalue weighted by Gasteiger charge is 2.15. The first-order valence-electron chi connectivity index (χ1n) is 12.8. The summed E-state index contributed by atoms with van der Waals surface area (Å²) in [5, 5.41) is 5.27. The van der Waals surface area contributed by atoms with Crippen molar-refractivity contribution in [2.24, 2.45) is 0 Å². The summed E-state index contributed by atoms with van der Waals surface area (Å²) in [4.78, 5) is 14.9. The van der Waals surface area contributed by atoms with Crippen molar-refractivity contribution in [1.82, 2.24) is 15.0 Å². The molecule has 0 fully saturated rings. The Hall–Kier alpha value is -4.86. The van der Waals surface area contributed by atoms with Gasteiger partial charge in [0.15, 0.2) is 17.5 Å². The van der Waals surface area contributed by atoms with Gasteiger partial charge in [-0.3, -0.25) is 0 Å². The van der Waals surface area contributed by atoms with Gasteiger partial charge < -0.3 is 0 Å². The first kappa shape index (κ1) is 23.3. The first-order valence-corrected chi connectivity index (χ1v) is 13.2. The van der Waals surface area contributed by atoms with Crippen LogP contribution in [0.2, 0.25) is 5.02 Å². The summed E-state index contributed by atoms with van der Waals surface area (Å²) >= 11 is 6.36. The summed E-state index contributed by atoms with van der Waals surface area (Å²) in [7, 11) is 0. The predicted molar refractivity (Wildman–Crippen MR) is 162 cm³/mol. The maximum Gasteiger partial charge on any atom is 0.164 e. The number of halogens is 1. The fraction of sp³-hybridized carbons (Fsp3) is 0. The molecule has 0 unspecified atom stereocenters. The average molecular weight is 520 g/mol. The zero-order valence-electron chi connectivity index (χ0n) is 20.9. The highest BCUT2D eigenvalue weighted by Crippen LogP contribution is 2.34. The van der Waals surface area contributed by atoms with Crippen molar-refractivity contribution in [2.45, 2.75) is 0 Å². The van der Waals surface area contributed by atoms with E-state index in [-0.39, 0.29) is 0 Å². The zero-order valence-corrected chi connectivity index (χ0v) is 21.7. The second kappa shape index (κ2) is 9.79. The maximum atomic E-state index is 6.36. The van der Waals surface area contributed by atoms with E-state index in [1.807, 2.05) is 42.5 Å². The summed E-state index contributed by atoms with van der Waals surface area (Å²) in [5.74, 6) is 1.82. The number of hydrogen-bond acceptors (Lipinski definition) is 3. The number of nitrogens with zero attached hydrogens (tertiary/aromatic N) is 3. The summed E-state index contributed by atoms with van der Waals surface area (Å²) < 4.78 is 0. The van der Waals surface area contributed by atoms with Crippen LogP contribution in [0, 0.1) is 0 Å². The lowest BCUT2D eigenvalue weighted by atomic mass is 9.95. The van der Waals surface area contributed by atoms with Crippen molar-refractivity contribution in [1.29, 1.82) is 0 Å². The molecule has 0 aliphatic rings. The van der Waals surface area contributed by atoms with Crippen LogP contribution in [0.25, 0.3) is 66.8 Å². The molecule has 184 valence electrons. The van der Waals surface area contributed by atoms with Gasteiger partial charge in [-0.2, -0.15) is 0 Å². The van der Waals surface area contributed by atoms with Gasteiger partial charge in [-0.05, 0) is 63.0 Å². The molecule has 4 heteroatoms. The molecule has 0 spiro atoms. The van der Waals surface area contributed by atoms with Crippen molar-refractivity contribution < 1.29 is 0 Å². The van der Waals surface area contributed by atoms with Crippen LogP contribution in [-0.2, 0) is 0 Å². The third kappa shape index (κ3) is 4.54. The van der Waals surface area contributed by atoms with Gasteiger partial charge in [0.2, 0.25) is 0 Å². The van der Waals surface area contributed by atoms with Crippen LogP contribution in [-0.4, -0.2) is 15.0 Å². The number of fused-ring (bicyclic) bond motifs is 2. The second-order valence-corrected chi connectivity index (χ2v) is 9.93. The van der Waals surface area contributed by atoms with E-state index in [0.29, 0.717) is 22.5 Å². The number of aromatic nitrogens is 3. The molecule has 0 aliphatic carbocycles. The van der Waals surface area contributed by atoms with E-state index in [4.69, 9.17) is 26.6 Å². The molecular formula is C35H22ClN3. The summed E-state index contributed by atoms with van der Waals surface area (Å²) in [6.07, 6.45) is 0. The Morgan fingerprint density at radius 1 is 0.385 bits per heavy atom. The molecule has 0 amide bonds. The van der Waals surface area contributed by atoms with Gasteiger partial charge in [-0.1, -0.05) is 115 Å². The quantitative estimate of drug-likeness (QED) is 0.232.